The first-order valence-corrected chi connectivity index (χ1v) is 6.51. The molecule has 0 amide bonds. The number of sulfonamides is 1. The summed E-state index contributed by atoms with van der Waals surface area (Å²) < 4.78 is 24.1. The van der Waals surface area contributed by atoms with Gasteiger partial charge in [0, 0.05) is 13.1 Å². The van der Waals surface area contributed by atoms with Crippen LogP contribution in [0.2, 0.25) is 0 Å². The summed E-state index contributed by atoms with van der Waals surface area (Å²) in [6.45, 7) is 7.90. The van der Waals surface area contributed by atoms with Crippen LogP contribution in [0.3, 0.4) is 0 Å². The zero-order valence-corrected chi connectivity index (χ0v) is 9.69. The Bertz CT molecular complexity index is 276. The quantitative estimate of drug-likeness (QED) is 0.647. The summed E-state index contributed by atoms with van der Waals surface area (Å²) in [5.74, 6) is 0.502. The zero-order chi connectivity index (χ0) is 10.3. The first-order chi connectivity index (χ1) is 5.71. The van der Waals surface area contributed by atoms with E-state index in [4.69, 9.17) is 0 Å². The molecule has 1 aliphatic rings. The average molecular weight is 205 g/mol. The van der Waals surface area contributed by atoms with Gasteiger partial charge in [0.25, 0.3) is 0 Å². The second-order valence-electron chi connectivity index (χ2n) is 4.97. The minimum absolute atomic E-state index is 0.222. The summed E-state index contributed by atoms with van der Waals surface area (Å²) >= 11 is 0. The Labute approximate surface area is 81.2 Å². The fourth-order valence-electron chi connectivity index (χ4n) is 1.74. The van der Waals surface area contributed by atoms with Crippen molar-refractivity contribution in [1.82, 2.24) is 4.31 Å². The molecule has 4 heteroatoms. The first kappa shape index (κ1) is 11.0. The van der Waals surface area contributed by atoms with Crippen molar-refractivity contribution in [2.45, 2.75) is 27.2 Å². The largest absolute Gasteiger partial charge is 0.213 e. The third kappa shape index (κ3) is 2.68. The summed E-state index contributed by atoms with van der Waals surface area (Å²) in [6.07, 6.45) is 2.29. The topological polar surface area (TPSA) is 37.4 Å². The SMILES string of the molecule is CC(C)(C)[C@H]1CCN(S(C)(=O)=O)C1. The molecule has 1 saturated heterocycles. The van der Waals surface area contributed by atoms with Crippen LogP contribution in [0.15, 0.2) is 0 Å². The number of hydrogen-bond donors (Lipinski definition) is 0. The van der Waals surface area contributed by atoms with Crippen molar-refractivity contribution in [3.8, 4) is 0 Å². The van der Waals surface area contributed by atoms with Gasteiger partial charge in [-0.15, -0.1) is 0 Å². The van der Waals surface area contributed by atoms with E-state index in [1.54, 1.807) is 4.31 Å². The maximum absolute atomic E-state index is 11.2. The van der Waals surface area contributed by atoms with E-state index in [9.17, 15) is 8.42 Å². The van der Waals surface area contributed by atoms with Gasteiger partial charge in [0.15, 0.2) is 0 Å². The van der Waals surface area contributed by atoms with Crippen LogP contribution in [0.25, 0.3) is 0 Å². The van der Waals surface area contributed by atoms with Gasteiger partial charge in [-0.2, -0.15) is 0 Å². The highest BCUT2D eigenvalue weighted by Gasteiger charge is 2.35. The van der Waals surface area contributed by atoms with Crippen molar-refractivity contribution in [3.05, 3.63) is 0 Å². The summed E-state index contributed by atoms with van der Waals surface area (Å²) in [7, 11) is -2.96. The van der Waals surface area contributed by atoms with Crippen LogP contribution in [0, 0.1) is 11.3 Å². The Kier molecular flexibility index (Phi) is 2.74. The predicted octanol–water partition coefficient (Wildman–Crippen LogP) is 1.31. The molecule has 13 heavy (non-hydrogen) atoms. The Balaban J connectivity index is 2.66. The molecule has 0 bridgehead atoms. The molecule has 0 aromatic carbocycles. The lowest BCUT2D eigenvalue weighted by molar-refractivity contribution is 0.252. The van der Waals surface area contributed by atoms with Gasteiger partial charge >= 0.3 is 0 Å². The van der Waals surface area contributed by atoms with Crippen LogP contribution < -0.4 is 0 Å². The number of nitrogens with zero attached hydrogens (tertiary/aromatic N) is 1. The molecule has 1 fully saturated rings. The second kappa shape index (κ2) is 3.24. The fourth-order valence-corrected chi connectivity index (χ4v) is 2.62. The molecule has 0 radical (unpaired) electrons. The van der Waals surface area contributed by atoms with Gasteiger partial charge in [-0.05, 0) is 17.8 Å². The van der Waals surface area contributed by atoms with E-state index in [1.807, 2.05) is 0 Å². The molecule has 78 valence electrons. The van der Waals surface area contributed by atoms with Gasteiger partial charge < -0.3 is 0 Å². The second-order valence-corrected chi connectivity index (χ2v) is 6.96. The minimum atomic E-state index is -2.96. The molecule has 1 aliphatic heterocycles. The van der Waals surface area contributed by atoms with Crippen molar-refractivity contribution in [1.29, 1.82) is 0 Å². The molecular formula is C9H19NO2S. The Morgan fingerprint density at radius 3 is 2.08 bits per heavy atom. The van der Waals surface area contributed by atoms with Crippen LogP contribution in [0.4, 0.5) is 0 Å². The minimum Gasteiger partial charge on any atom is -0.213 e. The summed E-state index contributed by atoms with van der Waals surface area (Å²) in [5, 5.41) is 0. The van der Waals surface area contributed by atoms with Gasteiger partial charge in [-0.25, -0.2) is 12.7 Å². The standard InChI is InChI=1S/C9H19NO2S/c1-9(2,3)8-5-6-10(7-8)13(4,11)12/h8H,5-7H2,1-4H3/t8-/m0/s1. The lowest BCUT2D eigenvalue weighted by atomic mass is 9.80. The summed E-state index contributed by atoms with van der Waals surface area (Å²) in [4.78, 5) is 0. The molecule has 0 N–H and O–H groups in total. The zero-order valence-electron chi connectivity index (χ0n) is 8.87. The number of hydrogen-bond acceptors (Lipinski definition) is 2. The Morgan fingerprint density at radius 1 is 1.31 bits per heavy atom. The van der Waals surface area contributed by atoms with Gasteiger partial charge in [-0.3, -0.25) is 0 Å². The Morgan fingerprint density at radius 2 is 1.85 bits per heavy atom. The molecule has 3 nitrogen and oxygen atoms in total. The molecule has 1 rings (SSSR count). The third-order valence-electron chi connectivity index (χ3n) is 2.84. The molecular weight excluding hydrogens is 186 g/mol. The normalized spacial score (nSPS) is 26.6. The molecule has 0 spiro atoms. The van der Waals surface area contributed by atoms with Crippen molar-refractivity contribution in [3.63, 3.8) is 0 Å². The number of rotatable bonds is 1. The van der Waals surface area contributed by atoms with Gasteiger partial charge in [0.05, 0.1) is 6.26 Å². The predicted molar refractivity (Wildman–Crippen MR) is 54.0 cm³/mol. The molecule has 0 aromatic rings. The lowest BCUT2D eigenvalue weighted by Gasteiger charge is -2.26. The third-order valence-corrected chi connectivity index (χ3v) is 4.11. The van der Waals surface area contributed by atoms with E-state index < -0.39 is 10.0 Å². The monoisotopic (exact) mass is 205 g/mol. The van der Waals surface area contributed by atoms with Crippen molar-refractivity contribution in [2.75, 3.05) is 19.3 Å². The molecule has 1 heterocycles. The van der Waals surface area contributed by atoms with Crippen molar-refractivity contribution < 1.29 is 8.42 Å². The van der Waals surface area contributed by atoms with E-state index in [0.717, 1.165) is 6.42 Å². The van der Waals surface area contributed by atoms with Gasteiger partial charge in [-0.1, -0.05) is 20.8 Å². The summed E-state index contributed by atoms with van der Waals surface area (Å²) in [5.41, 5.74) is 0.222. The van der Waals surface area contributed by atoms with Gasteiger partial charge in [0.2, 0.25) is 10.0 Å². The molecule has 1 atom stereocenters. The van der Waals surface area contributed by atoms with Crippen LogP contribution in [-0.2, 0) is 10.0 Å². The molecule has 0 aromatic heterocycles. The smallest absolute Gasteiger partial charge is 0.211 e. The molecule has 0 saturated carbocycles. The highest BCUT2D eigenvalue weighted by Crippen LogP contribution is 2.34. The maximum atomic E-state index is 11.2. The van der Waals surface area contributed by atoms with E-state index in [2.05, 4.69) is 20.8 Å². The summed E-state index contributed by atoms with van der Waals surface area (Å²) in [6, 6.07) is 0. The highest BCUT2D eigenvalue weighted by molar-refractivity contribution is 7.88. The van der Waals surface area contributed by atoms with E-state index in [-0.39, 0.29) is 5.41 Å². The van der Waals surface area contributed by atoms with E-state index in [0.29, 0.717) is 19.0 Å². The Hall–Kier alpha value is -0.0900. The average Bonchev–Trinajstić information content (AvgIpc) is 2.28. The first-order valence-electron chi connectivity index (χ1n) is 4.66. The van der Waals surface area contributed by atoms with E-state index in [1.165, 1.54) is 6.26 Å². The van der Waals surface area contributed by atoms with Gasteiger partial charge in [0.1, 0.15) is 0 Å². The van der Waals surface area contributed by atoms with Crippen LogP contribution in [0.5, 0.6) is 0 Å². The van der Waals surface area contributed by atoms with Crippen LogP contribution in [-0.4, -0.2) is 32.1 Å². The fraction of sp³-hybridized carbons (Fsp3) is 1.00. The molecule has 0 unspecified atom stereocenters. The molecule has 0 aliphatic carbocycles. The van der Waals surface area contributed by atoms with Crippen LogP contribution >= 0.6 is 0 Å². The van der Waals surface area contributed by atoms with E-state index >= 15 is 0 Å². The van der Waals surface area contributed by atoms with Crippen molar-refractivity contribution >= 4 is 10.0 Å². The van der Waals surface area contributed by atoms with Crippen molar-refractivity contribution in [2.24, 2.45) is 11.3 Å². The van der Waals surface area contributed by atoms with Crippen LogP contribution in [0.1, 0.15) is 27.2 Å². The maximum Gasteiger partial charge on any atom is 0.211 e. The lowest BCUT2D eigenvalue weighted by Crippen LogP contribution is -2.30. The highest BCUT2D eigenvalue weighted by atomic mass is 32.2.